The molecule has 0 saturated carbocycles. The highest BCUT2D eigenvalue weighted by Crippen LogP contribution is 2.29. The highest BCUT2D eigenvalue weighted by atomic mass is 79.9. The quantitative estimate of drug-likeness (QED) is 0.623. The summed E-state index contributed by atoms with van der Waals surface area (Å²) < 4.78 is 6.48. The van der Waals surface area contributed by atoms with Gasteiger partial charge in [0.25, 0.3) is 5.56 Å². The molecule has 108 valence electrons. The Kier molecular flexibility index (Phi) is 2.88. The number of aliphatic hydroxyl groups is 1. The lowest BCUT2D eigenvalue weighted by molar-refractivity contribution is 0.193. The molecule has 0 aliphatic carbocycles. The number of aromatic amines is 1. The molecule has 0 spiro atoms. The summed E-state index contributed by atoms with van der Waals surface area (Å²) in [6.07, 6.45) is 0.125. The number of aliphatic hydroxyl groups excluding tert-OH is 1. The Morgan fingerprint density at radius 1 is 1.43 bits per heavy atom. The molecule has 3 heterocycles. The van der Waals surface area contributed by atoms with Crippen molar-refractivity contribution in [2.45, 2.75) is 18.6 Å². The Bertz CT molecular complexity index is 901. The van der Waals surface area contributed by atoms with Gasteiger partial charge in [-0.2, -0.15) is 0 Å². The molecule has 2 atom stereocenters. The summed E-state index contributed by atoms with van der Waals surface area (Å²) in [5, 5.41) is 13.5. The van der Waals surface area contributed by atoms with Crippen molar-refractivity contribution in [2.24, 2.45) is 0 Å². The van der Waals surface area contributed by atoms with Crippen molar-refractivity contribution in [1.82, 2.24) is 15.3 Å². The third kappa shape index (κ3) is 2.08. The third-order valence-electron chi connectivity index (χ3n) is 3.74. The van der Waals surface area contributed by atoms with Crippen LogP contribution in [0.15, 0.2) is 31.9 Å². The maximum Gasteiger partial charge on any atom is 0.294 e. The summed E-state index contributed by atoms with van der Waals surface area (Å²) >= 11 is 3.41. The minimum Gasteiger partial charge on any atom is -0.449 e. The van der Waals surface area contributed by atoms with Crippen LogP contribution in [0, 0.1) is 0 Å². The summed E-state index contributed by atoms with van der Waals surface area (Å²) in [6, 6.07) is 5.40. The summed E-state index contributed by atoms with van der Waals surface area (Å²) in [7, 11) is 0. The average molecular weight is 350 g/mol. The van der Waals surface area contributed by atoms with Crippen LogP contribution in [-0.4, -0.2) is 27.7 Å². The second-order valence-electron chi connectivity index (χ2n) is 5.22. The zero-order chi connectivity index (χ0) is 14.6. The second-order valence-corrected chi connectivity index (χ2v) is 6.14. The van der Waals surface area contributed by atoms with E-state index in [0.717, 1.165) is 9.86 Å². The van der Waals surface area contributed by atoms with Gasteiger partial charge in [0.1, 0.15) is 16.9 Å². The number of β-amino-alcohol motifs (C(OH)–C–C–N with tert-alkyl or cyclic N) is 1. The first kappa shape index (κ1) is 13.0. The van der Waals surface area contributed by atoms with E-state index in [2.05, 4.69) is 31.2 Å². The molecule has 1 aliphatic rings. The molecular formula is C14H12BrN3O3. The molecule has 0 radical (unpaired) electrons. The monoisotopic (exact) mass is 349 g/mol. The molecule has 3 N–H and O–H groups in total. The lowest BCUT2D eigenvalue weighted by Gasteiger charge is -2.08. The predicted octanol–water partition coefficient (Wildman–Crippen LogP) is 1.83. The van der Waals surface area contributed by atoms with E-state index in [-0.39, 0.29) is 17.2 Å². The molecule has 0 bridgehead atoms. The van der Waals surface area contributed by atoms with Crippen molar-refractivity contribution in [2.75, 3.05) is 6.54 Å². The van der Waals surface area contributed by atoms with Crippen molar-refractivity contribution in [3.8, 4) is 0 Å². The molecule has 1 aromatic carbocycles. The Morgan fingerprint density at radius 2 is 2.29 bits per heavy atom. The molecule has 21 heavy (non-hydrogen) atoms. The van der Waals surface area contributed by atoms with Gasteiger partial charge in [-0.05, 0) is 24.6 Å². The number of aromatic nitrogens is 2. The van der Waals surface area contributed by atoms with E-state index in [0.29, 0.717) is 29.9 Å². The van der Waals surface area contributed by atoms with Gasteiger partial charge in [0.05, 0.1) is 12.1 Å². The molecule has 7 heteroatoms. The number of H-pyrrole nitrogens is 1. The summed E-state index contributed by atoms with van der Waals surface area (Å²) in [6.45, 7) is 0.504. The fourth-order valence-corrected chi connectivity index (χ4v) is 3.09. The fourth-order valence-electron chi connectivity index (χ4n) is 2.73. The van der Waals surface area contributed by atoms with Gasteiger partial charge in [0.15, 0.2) is 0 Å². The maximum atomic E-state index is 12.2. The van der Waals surface area contributed by atoms with Crippen molar-refractivity contribution < 1.29 is 9.52 Å². The third-order valence-corrected chi connectivity index (χ3v) is 4.23. The number of benzene rings is 1. The minimum absolute atomic E-state index is 0.144. The Balaban J connectivity index is 1.97. The van der Waals surface area contributed by atoms with Crippen LogP contribution in [0.3, 0.4) is 0 Å². The van der Waals surface area contributed by atoms with Crippen LogP contribution in [0.25, 0.3) is 22.1 Å². The topological polar surface area (TPSA) is 91.2 Å². The van der Waals surface area contributed by atoms with Crippen LogP contribution < -0.4 is 10.9 Å². The maximum absolute atomic E-state index is 12.2. The fraction of sp³-hybridized carbons (Fsp3) is 0.286. The van der Waals surface area contributed by atoms with Crippen LogP contribution >= 0.6 is 15.9 Å². The number of halogens is 1. The summed E-state index contributed by atoms with van der Waals surface area (Å²) in [5.74, 6) is 0.534. The second kappa shape index (κ2) is 4.66. The highest BCUT2D eigenvalue weighted by molar-refractivity contribution is 9.10. The lowest BCUT2D eigenvalue weighted by Crippen LogP contribution is -2.20. The molecule has 2 aromatic heterocycles. The zero-order valence-corrected chi connectivity index (χ0v) is 12.5. The first-order valence-electron chi connectivity index (χ1n) is 6.65. The van der Waals surface area contributed by atoms with Gasteiger partial charge in [0.2, 0.25) is 5.58 Å². The van der Waals surface area contributed by atoms with Crippen molar-refractivity contribution in [3.63, 3.8) is 0 Å². The van der Waals surface area contributed by atoms with Gasteiger partial charge in [-0.3, -0.25) is 4.79 Å². The molecule has 0 amide bonds. The molecule has 3 aromatic rings. The van der Waals surface area contributed by atoms with Gasteiger partial charge in [0, 0.05) is 16.4 Å². The molecule has 6 nitrogen and oxygen atoms in total. The Hall–Kier alpha value is -1.70. The van der Waals surface area contributed by atoms with Gasteiger partial charge in [-0.15, -0.1) is 0 Å². The van der Waals surface area contributed by atoms with E-state index in [1.165, 1.54) is 0 Å². The smallest absolute Gasteiger partial charge is 0.294 e. The van der Waals surface area contributed by atoms with Gasteiger partial charge in [-0.1, -0.05) is 15.9 Å². The van der Waals surface area contributed by atoms with Crippen LogP contribution in [0.1, 0.15) is 18.3 Å². The van der Waals surface area contributed by atoms with Gasteiger partial charge in [-0.25, -0.2) is 4.98 Å². The van der Waals surface area contributed by atoms with Crippen LogP contribution in [0.4, 0.5) is 0 Å². The van der Waals surface area contributed by atoms with Crippen LogP contribution in [0.5, 0.6) is 0 Å². The summed E-state index contributed by atoms with van der Waals surface area (Å²) in [4.78, 5) is 19.5. The molecule has 0 unspecified atom stereocenters. The standard InChI is InChI=1S/C14H12BrN3O3/c15-6-1-2-10-8(3-6)11-12(21-10)14(20)18-13(17-11)9-4-7(19)5-16-9/h1-3,7,9,16,19H,4-5H2,(H,17,18,20)/t7-,9-/m0/s1. The molecule has 1 saturated heterocycles. The first-order chi connectivity index (χ1) is 10.1. The molecule has 1 fully saturated rings. The molecular weight excluding hydrogens is 338 g/mol. The van der Waals surface area contributed by atoms with E-state index in [1.54, 1.807) is 6.07 Å². The lowest BCUT2D eigenvalue weighted by atomic mass is 10.2. The van der Waals surface area contributed by atoms with Crippen LogP contribution in [-0.2, 0) is 0 Å². The molecule has 4 rings (SSSR count). The first-order valence-corrected chi connectivity index (χ1v) is 7.44. The SMILES string of the molecule is O=c1[nH]c([C@@H]2C[C@H](O)CN2)nc2c1oc1ccc(Br)cc12. The van der Waals surface area contributed by atoms with Crippen LogP contribution in [0.2, 0.25) is 0 Å². The normalized spacial score (nSPS) is 22.4. The van der Waals surface area contributed by atoms with E-state index in [1.807, 2.05) is 12.1 Å². The van der Waals surface area contributed by atoms with Crippen molar-refractivity contribution >= 4 is 38.0 Å². The van der Waals surface area contributed by atoms with E-state index >= 15 is 0 Å². The number of hydrogen-bond donors (Lipinski definition) is 3. The van der Waals surface area contributed by atoms with Crippen molar-refractivity contribution in [1.29, 1.82) is 0 Å². The van der Waals surface area contributed by atoms with E-state index in [9.17, 15) is 9.90 Å². The van der Waals surface area contributed by atoms with E-state index in [4.69, 9.17) is 4.42 Å². The average Bonchev–Trinajstić information content (AvgIpc) is 3.03. The van der Waals surface area contributed by atoms with E-state index < -0.39 is 6.10 Å². The number of hydrogen-bond acceptors (Lipinski definition) is 5. The largest absolute Gasteiger partial charge is 0.449 e. The minimum atomic E-state index is -0.411. The Morgan fingerprint density at radius 3 is 3.05 bits per heavy atom. The number of furan rings is 1. The zero-order valence-electron chi connectivity index (χ0n) is 10.9. The number of fused-ring (bicyclic) bond motifs is 3. The number of nitrogens with zero attached hydrogens (tertiary/aromatic N) is 1. The highest BCUT2D eigenvalue weighted by Gasteiger charge is 2.26. The van der Waals surface area contributed by atoms with Crippen molar-refractivity contribution in [3.05, 3.63) is 38.9 Å². The predicted molar refractivity (Wildman–Crippen MR) is 81.2 cm³/mol. The number of nitrogens with one attached hydrogen (secondary N) is 2. The number of rotatable bonds is 1. The Labute approximate surface area is 127 Å². The van der Waals surface area contributed by atoms with Gasteiger partial charge < -0.3 is 19.8 Å². The van der Waals surface area contributed by atoms with Gasteiger partial charge >= 0.3 is 0 Å². The molecule has 1 aliphatic heterocycles. The summed E-state index contributed by atoms with van der Waals surface area (Å²) in [5.41, 5.74) is 1.10.